The average Bonchev–Trinajstić information content (AvgIpc) is 3.14. The summed E-state index contributed by atoms with van der Waals surface area (Å²) >= 11 is 1.42. The van der Waals surface area contributed by atoms with Crippen molar-refractivity contribution in [2.24, 2.45) is 0 Å². The molecule has 1 N–H and O–H groups in total. The molecule has 148 valence electrons. The summed E-state index contributed by atoms with van der Waals surface area (Å²) in [6.45, 7) is 4.13. The molecule has 6 heteroatoms. The fourth-order valence-electron chi connectivity index (χ4n) is 3.51. The molecule has 2 heterocycles. The van der Waals surface area contributed by atoms with E-state index in [2.05, 4.69) is 46.7 Å². The van der Waals surface area contributed by atoms with Crippen molar-refractivity contribution in [3.8, 4) is 0 Å². The summed E-state index contributed by atoms with van der Waals surface area (Å²) in [6.07, 6.45) is 1.87. The molecule has 2 aromatic heterocycles. The number of carbonyl (C=O) groups excluding carboxylic acids is 1. The van der Waals surface area contributed by atoms with Gasteiger partial charge in [-0.15, -0.1) is 10.2 Å². The molecule has 1 atom stereocenters. The number of hydrogen-bond acceptors (Lipinski definition) is 4. The molecule has 4 rings (SSSR count). The van der Waals surface area contributed by atoms with Gasteiger partial charge in [-0.05, 0) is 49.9 Å². The number of carbonyl (C=O) groups is 1. The van der Waals surface area contributed by atoms with Crippen molar-refractivity contribution in [2.75, 3.05) is 5.75 Å². The fraction of sp³-hybridized carbons (Fsp3) is 0.261. The number of hydrogen-bond donors (Lipinski definition) is 1. The first-order valence-electron chi connectivity index (χ1n) is 9.81. The van der Waals surface area contributed by atoms with Crippen molar-refractivity contribution < 1.29 is 4.79 Å². The van der Waals surface area contributed by atoms with Crippen LogP contribution < -0.4 is 5.32 Å². The molecule has 4 aromatic rings. The quantitative estimate of drug-likeness (QED) is 0.463. The molecule has 2 aromatic carbocycles. The number of pyridine rings is 1. The number of aryl methyl sites for hydroxylation is 2. The molecule has 0 saturated carbocycles. The van der Waals surface area contributed by atoms with Crippen LogP contribution in [0.3, 0.4) is 0 Å². The number of fused-ring (bicyclic) bond motifs is 3. The lowest BCUT2D eigenvalue weighted by molar-refractivity contribution is -0.119. The highest BCUT2D eigenvalue weighted by molar-refractivity contribution is 7.99. The average molecular weight is 405 g/mol. The summed E-state index contributed by atoms with van der Waals surface area (Å²) in [5.41, 5.74) is 4.33. The lowest BCUT2D eigenvalue weighted by Crippen LogP contribution is -2.34. The number of benzene rings is 2. The van der Waals surface area contributed by atoms with Crippen LogP contribution in [-0.2, 0) is 11.2 Å². The van der Waals surface area contributed by atoms with Crippen LogP contribution in [0.15, 0.2) is 65.8 Å². The Balaban J connectivity index is 1.39. The minimum Gasteiger partial charge on any atom is -0.353 e. The predicted octanol–water partition coefficient (Wildman–Crippen LogP) is 4.42. The van der Waals surface area contributed by atoms with Crippen molar-refractivity contribution in [3.05, 3.63) is 71.8 Å². The highest BCUT2D eigenvalue weighted by atomic mass is 32.2. The Labute approximate surface area is 174 Å². The maximum absolute atomic E-state index is 12.4. The first-order valence-corrected chi connectivity index (χ1v) is 10.8. The first-order chi connectivity index (χ1) is 14.1. The van der Waals surface area contributed by atoms with Gasteiger partial charge >= 0.3 is 0 Å². The van der Waals surface area contributed by atoms with E-state index in [4.69, 9.17) is 0 Å². The van der Waals surface area contributed by atoms with E-state index in [1.54, 1.807) is 0 Å². The van der Waals surface area contributed by atoms with Gasteiger partial charge in [0.25, 0.3) is 0 Å². The van der Waals surface area contributed by atoms with Gasteiger partial charge < -0.3 is 5.32 Å². The van der Waals surface area contributed by atoms with E-state index >= 15 is 0 Å². The van der Waals surface area contributed by atoms with E-state index in [9.17, 15) is 4.79 Å². The molecule has 0 aliphatic rings. The lowest BCUT2D eigenvalue weighted by Gasteiger charge is -2.13. The minimum atomic E-state index is 0.0173. The van der Waals surface area contributed by atoms with Crippen LogP contribution in [0, 0.1) is 6.92 Å². The van der Waals surface area contributed by atoms with E-state index in [0.717, 1.165) is 29.2 Å². The smallest absolute Gasteiger partial charge is 0.230 e. The largest absolute Gasteiger partial charge is 0.353 e. The van der Waals surface area contributed by atoms with Gasteiger partial charge in [0, 0.05) is 11.4 Å². The zero-order valence-electron chi connectivity index (χ0n) is 16.6. The Morgan fingerprint density at radius 2 is 1.86 bits per heavy atom. The summed E-state index contributed by atoms with van der Waals surface area (Å²) in [7, 11) is 0. The molecule has 0 aliphatic carbocycles. The third-order valence-corrected chi connectivity index (χ3v) is 5.95. The van der Waals surface area contributed by atoms with Gasteiger partial charge in [0.1, 0.15) is 0 Å². The van der Waals surface area contributed by atoms with Crippen molar-refractivity contribution >= 4 is 34.2 Å². The molecule has 0 bridgehead atoms. The molecule has 0 saturated heterocycles. The third-order valence-electron chi connectivity index (χ3n) is 5.02. The van der Waals surface area contributed by atoms with Crippen molar-refractivity contribution in [1.29, 1.82) is 0 Å². The number of rotatable bonds is 7. The van der Waals surface area contributed by atoms with Gasteiger partial charge in [-0.25, -0.2) is 0 Å². The Hall–Kier alpha value is -2.86. The number of amides is 1. The maximum atomic E-state index is 12.4. The van der Waals surface area contributed by atoms with E-state index in [0.29, 0.717) is 5.75 Å². The molecule has 1 unspecified atom stereocenters. The van der Waals surface area contributed by atoms with Crippen LogP contribution >= 0.6 is 11.8 Å². The van der Waals surface area contributed by atoms with E-state index < -0.39 is 0 Å². The van der Waals surface area contributed by atoms with Crippen molar-refractivity contribution in [1.82, 2.24) is 19.9 Å². The first kappa shape index (κ1) is 19.5. The molecule has 0 aliphatic heterocycles. The second-order valence-electron chi connectivity index (χ2n) is 7.30. The Morgan fingerprint density at radius 1 is 1.10 bits per heavy atom. The van der Waals surface area contributed by atoms with Gasteiger partial charge in [0.15, 0.2) is 10.8 Å². The molecule has 0 radical (unpaired) electrons. The molecule has 0 spiro atoms. The Morgan fingerprint density at radius 3 is 2.69 bits per heavy atom. The summed E-state index contributed by atoms with van der Waals surface area (Å²) in [6, 6.07) is 20.7. The molecule has 0 fully saturated rings. The van der Waals surface area contributed by atoms with Gasteiger partial charge in [0.05, 0.1) is 11.3 Å². The van der Waals surface area contributed by atoms with Crippen LogP contribution in [0.1, 0.15) is 24.5 Å². The standard InChI is InChI=1S/C23H24N4OS/c1-16-14-21-25-26-23(27(21)20-11-7-6-10-19(16)20)29-15-22(28)24-17(2)12-13-18-8-4-3-5-9-18/h3-11,14,17H,12-13,15H2,1-2H3,(H,24,28). The molecule has 1 amide bonds. The van der Waals surface area contributed by atoms with Gasteiger partial charge in [-0.3, -0.25) is 9.20 Å². The van der Waals surface area contributed by atoms with Crippen LogP contribution in [0.4, 0.5) is 0 Å². The zero-order chi connectivity index (χ0) is 20.2. The lowest BCUT2D eigenvalue weighted by atomic mass is 10.1. The molecular formula is C23H24N4OS. The SMILES string of the molecule is Cc1cc2nnc(SCC(=O)NC(C)CCc3ccccc3)n2c2ccccc12. The van der Waals surface area contributed by atoms with Crippen LogP contribution in [0.5, 0.6) is 0 Å². The van der Waals surface area contributed by atoms with Crippen molar-refractivity contribution in [2.45, 2.75) is 37.9 Å². The van der Waals surface area contributed by atoms with Crippen molar-refractivity contribution in [3.63, 3.8) is 0 Å². The van der Waals surface area contributed by atoms with E-state index in [1.807, 2.05) is 47.7 Å². The number of aromatic nitrogens is 3. The number of para-hydroxylation sites is 1. The topological polar surface area (TPSA) is 59.3 Å². The van der Waals surface area contributed by atoms with Crippen LogP contribution in [-0.4, -0.2) is 32.3 Å². The van der Waals surface area contributed by atoms with Crippen LogP contribution in [0.2, 0.25) is 0 Å². The van der Waals surface area contributed by atoms with Gasteiger partial charge in [0.2, 0.25) is 5.91 Å². The maximum Gasteiger partial charge on any atom is 0.230 e. The highest BCUT2D eigenvalue weighted by Gasteiger charge is 2.14. The second-order valence-corrected chi connectivity index (χ2v) is 8.24. The number of nitrogens with one attached hydrogen (secondary N) is 1. The Bertz CT molecular complexity index is 1140. The number of thioether (sulfide) groups is 1. The zero-order valence-corrected chi connectivity index (χ0v) is 17.4. The predicted molar refractivity (Wildman–Crippen MR) is 118 cm³/mol. The van der Waals surface area contributed by atoms with E-state index in [-0.39, 0.29) is 11.9 Å². The monoisotopic (exact) mass is 404 g/mol. The summed E-state index contributed by atoms with van der Waals surface area (Å²) in [4.78, 5) is 12.4. The summed E-state index contributed by atoms with van der Waals surface area (Å²) < 4.78 is 2.03. The molecule has 29 heavy (non-hydrogen) atoms. The fourth-order valence-corrected chi connectivity index (χ4v) is 4.28. The minimum absolute atomic E-state index is 0.0173. The highest BCUT2D eigenvalue weighted by Crippen LogP contribution is 2.25. The van der Waals surface area contributed by atoms with E-state index in [1.165, 1.54) is 28.3 Å². The van der Waals surface area contributed by atoms with Gasteiger partial charge in [-0.1, -0.05) is 60.3 Å². The normalized spacial score (nSPS) is 12.3. The van der Waals surface area contributed by atoms with Crippen LogP contribution in [0.25, 0.3) is 16.6 Å². The molecule has 5 nitrogen and oxygen atoms in total. The summed E-state index contributed by atoms with van der Waals surface area (Å²) in [5, 5.41) is 13.6. The second kappa shape index (κ2) is 8.66. The number of nitrogens with zero attached hydrogens (tertiary/aromatic N) is 3. The van der Waals surface area contributed by atoms with Gasteiger partial charge in [-0.2, -0.15) is 0 Å². The Kier molecular flexibility index (Phi) is 5.81. The third kappa shape index (κ3) is 4.43. The summed E-state index contributed by atoms with van der Waals surface area (Å²) in [5.74, 6) is 0.335. The molecular weight excluding hydrogens is 380 g/mol.